The summed E-state index contributed by atoms with van der Waals surface area (Å²) in [7, 11) is 0. The maximum Gasteiger partial charge on any atom is 0.260 e. The topological polar surface area (TPSA) is 45.7 Å². The highest BCUT2D eigenvalue weighted by Crippen LogP contribution is 2.33. The number of nitrogens with zero attached hydrogens (tertiary/aromatic N) is 3. The maximum atomic E-state index is 13.7. The Morgan fingerprint density at radius 3 is 2.61 bits per heavy atom. The summed E-state index contributed by atoms with van der Waals surface area (Å²) in [5, 5.41) is 0.789. The van der Waals surface area contributed by atoms with Gasteiger partial charge in [0.2, 0.25) is 0 Å². The summed E-state index contributed by atoms with van der Waals surface area (Å²) < 4.78 is 6.60. The smallest absolute Gasteiger partial charge is 0.260 e. The largest absolute Gasteiger partial charge is 0.379 e. The molecule has 2 heterocycles. The predicted octanol–water partition coefficient (Wildman–Crippen LogP) is 4.90. The van der Waals surface area contributed by atoms with Gasteiger partial charge in [0.15, 0.2) is 5.13 Å². The number of hydrogen-bond acceptors (Lipinski definition) is 5. The zero-order valence-corrected chi connectivity index (χ0v) is 19.7. The van der Waals surface area contributed by atoms with Gasteiger partial charge >= 0.3 is 0 Å². The minimum absolute atomic E-state index is 0.0385. The van der Waals surface area contributed by atoms with Gasteiger partial charge in [-0.15, -0.1) is 0 Å². The van der Waals surface area contributed by atoms with Crippen LogP contribution in [0.5, 0.6) is 0 Å². The summed E-state index contributed by atoms with van der Waals surface area (Å²) in [5.41, 5.74) is 6.24. The third-order valence-electron chi connectivity index (χ3n) is 5.88. The number of fused-ring (bicyclic) bond motifs is 1. The second kappa shape index (κ2) is 9.47. The first-order valence-corrected chi connectivity index (χ1v) is 11.8. The quantitative estimate of drug-likeness (QED) is 0.550. The Kier molecular flexibility index (Phi) is 6.70. The lowest BCUT2D eigenvalue weighted by molar-refractivity contribution is 0.0376. The van der Waals surface area contributed by atoms with Gasteiger partial charge in [-0.25, -0.2) is 4.98 Å². The highest BCUT2D eigenvalue weighted by molar-refractivity contribution is 7.22. The van der Waals surface area contributed by atoms with Gasteiger partial charge in [-0.3, -0.25) is 14.6 Å². The molecule has 164 valence electrons. The summed E-state index contributed by atoms with van der Waals surface area (Å²) in [4.78, 5) is 22.9. The van der Waals surface area contributed by atoms with Crippen molar-refractivity contribution in [3.63, 3.8) is 0 Å². The molecule has 3 aromatic rings. The number of amides is 1. The van der Waals surface area contributed by atoms with Crippen molar-refractivity contribution in [3.05, 3.63) is 58.1 Å². The highest BCUT2D eigenvalue weighted by atomic mass is 32.1. The van der Waals surface area contributed by atoms with Gasteiger partial charge < -0.3 is 4.74 Å². The summed E-state index contributed by atoms with van der Waals surface area (Å²) >= 11 is 1.61. The van der Waals surface area contributed by atoms with Crippen LogP contribution in [0.1, 0.15) is 39.0 Å². The van der Waals surface area contributed by atoms with E-state index in [1.54, 1.807) is 11.3 Å². The van der Waals surface area contributed by atoms with Crippen LogP contribution in [0.4, 0.5) is 5.13 Å². The number of ether oxygens (including phenoxy) is 1. The fraction of sp³-hybridized carbons (Fsp3) is 0.440. The maximum absolute atomic E-state index is 13.7. The minimum atomic E-state index is 0.0385. The van der Waals surface area contributed by atoms with Crippen molar-refractivity contribution in [2.75, 3.05) is 44.3 Å². The molecular weight excluding hydrogens is 406 g/mol. The van der Waals surface area contributed by atoms with Gasteiger partial charge in [0.05, 0.1) is 23.4 Å². The van der Waals surface area contributed by atoms with E-state index in [0.717, 1.165) is 76.9 Å². The van der Waals surface area contributed by atoms with Crippen LogP contribution >= 0.6 is 11.3 Å². The number of morpholine rings is 1. The van der Waals surface area contributed by atoms with E-state index in [-0.39, 0.29) is 5.91 Å². The summed E-state index contributed by atoms with van der Waals surface area (Å²) in [5.74, 6) is 0.0385. The lowest BCUT2D eigenvalue weighted by Crippen LogP contribution is -2.39. The fourth-order valence-corrected chi connectivity index (χ4v) is 5.31. The molecule has 0 unspecified atom stereocenters. The van der Waals surface area contributed by atoms with Gasteiger partial charge in [0.1, 0.15) is 0 Å². The summed E-state index contributed by atoms with van der Waals surface area (Å²) in [6.45, 7) is 13.4. The Morgan fingerprint density at radius 2 is 1.84 bits per heavy atom. The van der Waals surface area contributed by atoms with E-state index in [1.165, 1.54) is 5.56 Å². The molecule has 4 rings (SSSR count). The van der Waals surface area contributed by atoms with E-state index in [4.69, 9.17) is 9.72 Å². The first-order chi connectivity index (χ1) is 14.9. The first-order valence-electron chi connectivity index (χ1n) is 11.0. The molecule has 0 aliphatic carbocycles. The molecular formula is C25H31N3O2S. The highest BCUT2D eigenvalue weighted by Gasteiger charge is 2.23. The second-order valence-electron chi connectivity index (χ2n) is 8.51. The van der Waals surface area contributed by atoms with Crippen LogP contribution < -0.4 is 4.90 Å². The third kappa shape index (κ3) is 4.97. The van der Waals surface area contributed by atoms with Gasteiger partial charge in [-0.1, -0.05) is 35.1 Å². The number of thiazole rings is 1. The Morgan fingerprint density at radius 1 is 1.06 bits per heavy atom. The SMILES string of the molecule is Cc1ccc(C)c(C(=O)N(CCCN2CCOCC2)c2nc3c(C)cc(C)cc3s2)c1. The number of anilines is 1. The lowest BCUT2D eigenvalue weighted by atomic mass is 10.0. The molecule has 1 fully saturated rings. The fourth-order valence-electron chi connectivity index (χ4n) is 4.15. The van der Waals surface area contributed by atoms with Crippen LogP contribution in [0.25, 0.3) is 10.2 Å². The van der Waals surface area contributed by atoms with Gasteiger partial charge in [0.25, 0.3) is 5.91 Å². The number of aromatic nitrogens is 1. The van der Waals surface area contributed by atoms with Crippen LogP contribution in [-0.2, 0) is 4.74 Å². The molecule has 0 saturated carbocycles. The molecule has 2 aromatic carbocycles. The summed E-state index contributed by atoms with van der Waals surface area (Å²) in [6.07, 6.45) is 0.907. The molecule has 1 aromatic heterocycles. The average Bonchev–Trinajstić information content (AvgIpc) is 3.17. The number of hydrogen-bond donors (Lipinski definition) is 0. The van der Waals surface area contributed by atoms with Crippen LogP contribution in [0.3, 0.4) is 0 Å². The van der Waals surface area contributed by atoms with E-state index in [2.05, 4.69) is 36.9 Å². The molecule has 0 bridgehead atoms. The second-order valence-corrected chi connectivity index (χ2v) is 9.52. The van der Waals surface area contributed by atoms with Crippen molar-refractivity contribution >= 4 is 32.6 Å². The Labute approximate surface area is 188 Å². The number of benzene rings is 2. The van der Waals surface area contributed by atoms with Crippen molar-refractivity contribution in [1.29, 1.82) is 0 Å². The van der Waals surface area contributed by atoms with E-state index >= 15 is 0 Å². The Hall–Kier alpha value is -2.28. The van der Waals surface area contributed by atoms with Crippen molar-refractivity contribution in [3.8, 4) is 0 Å². The zero-order chi connectivity index (χ0) is 22.0. The molecule has 0 radical (unpaired) electrons. The van der Waals surface area contributed by atoms with Crippen molar-refractivity contribution in [2.24, 2.45) is 0 Å². The van der Waals surface area contributed by atoms with Crippen LogP contribution in [-0.4, -0.2) is 55.2 Å². The number of carbonyl (C=O) groups is 1. The van der Waals surface area contributed by atoms with Crippen LogP contribution in [0.2, 0.25) is 0 Å². The number of carbonyl (C=O) groups excluding carboxylic acids is 1. The molecule has 1 aliphatic heterocycles. The molecule has 6 heteroatoms. The van der Waals surface area contributed by atoms with Gasteiger partial charge in [-0.2, -0.15) is 0 Å². The van der Waals surface area contributed by atoms with Crippen LogP contribution in [0.15, 0.2) is 30.3 Å². The molecule has 1 amide bonds. The molecule has 0 atom stereocenters. The normalized spacial score (nSPS) is 14.8. The van der Waals surface area contributed by atoms with Crippen molar-refractivity contribution in [1.82, 2.24) is 9.88 Å². The summed E-state index contributed by atoms with van der Waals surface area (Å²) in [6, 6.07) is 10.4. The Balaban J connectivity index is 1.64. The predicted molar refractivity (Wildman–Crippen MR) is 129 cm³/mol. The number of rotatable bonds is 6. The monoisotopic (exact) mass is 437 g/mol. The van der Waals surface area contributed by atoms with Crippen LogP contribution in [0, 0.1) is 27.7 Å². The molecule has 0 spiro atoms. The van der Waals surface area contributed by atoms with E-state index in [0.29, 0.717) is 6.54 Å². The molecule has 0 N–H and O–H groups in total. The van der Waals surface area contributed by atoms with Gasteiger partial charge in [-0.05, 0) is 62.9 Å². The Bertz CT molecular complexity index is 1090. The molecule has 1 aliphatic rings. The standard InChI is InChI=1S/C25H31N3O2S/c1-17-6-7-19(3)21(15-17)24(29)28(9-5-8-27-10-12-30-13-11-27)25-26-23-20(4)14-18(2)16-22(23)31-25/h6-7,14-16H,5,8-13H2,1-4H3. The zero-order valence-electron chi connectivity index (χ0n) is 18.9. The van der Waals surface area contributed by atoms with Crippen molar-refractivity contribution < 1.29 is 9.53 Å². The third-order valence-corrected chi connectivity index (χ3v) is 6.90. The van der Waals surface area contributed by atoms with E-state index in [1.807, 2.05) is 30.9 Å². The molecule has 1 saturated heterocycles. The average molecular weight is 438 g/mol. The van der Waals surface area contributed by atoms with Crippen molar-refractivity contribution in [2.45, 2.75) is 34.1 Å². The molecule has 31 heavy (non-hydrogen) atoms. The number of aryl methyl sites for hydroxylation is 4. The van der Waals surface area contributed by atoms with Gasteiger partial charge in [0, 0.05) is 31.7 Å². The molecule has 5 nitrogen and oxygen atoms in total. The van der Waals surface area contributed by atoms with E-state index in [9.17, 15) is 4.79 Å². The first kappa shape index (κ1) is 21.9. The minimum Gasteiger partial charge on any atom is -0.379 e. The van der Waals surface area contributed by atoms with E-state index < -0.39 is 0 Å². The lowest BCUT2D eigenvalue weighted by Gasteiger charge is -2.28.